The molecule has 2 aromatic carbocycles. The average Bonchev–Trinajstić information content (AvgIpc) is 2.66. The van der Waals surface area contributed by atoms with Gasteiger partial charge in [0.05, 0.1) is 13.3 Å². The predicted molar refractivity (Wildman–Crippen MR) is 94.9 cm³/mol. The topological polar surface area (TPSA) is 78.4 Å². The van der Waals surface area contributed by atoms with Crippen molar-refractivity contribution in [2.75, 3.05) is 19.0 Å². The Bertz CT molecular complexity index is 872. The number of alkyl halides is 5. The maximum absolute atomic E-state index is 12.3. The molecule has 1 N–H and O–H groups in total. The largest absolute Gasteiger partial charge is 0.573 e. The van der Waals surface area contributed by atoms with Crippen LogP contribution in [0.25, 0.3) is 0 Å². The summed E-state index contributed by atoms with van der Waals surface area (Å²) < 4.78 is 73.8. The number of amides is 1. The lowest BCUT2D eigenvalue weighted by atomic mass is 10.2. The summed E-state index contributed by atoms with van der Waals surface area (Å²) >= 11 is 0. The molecule has 2 rings (SSSR count). The monoisotopic (exact) mass is 434 g/mol. The first kappa shape index (κ1) is 22.7. The quantitative estimate of drug-likeness (QED) is 0.364. The van der Waals surface area contributed by atoms with Crippen molar-refractivity contribution in [3.05, 3.63) is 48.0 Å². The SMILES string of the molecule is COc1cc(/C=N/OCC(=O)Nc2ccc(OC(F)(F)F)cc2)ccc1OC(F)F. The Morgan fingerprint density at radius 3 is 2.43 bits per heavy atom. The average molecular weight is 434 g/mol. The summed E-state index contributed by atoms with van der Waals surface area (Å²) in [6.07, 6.45) is -3.60. The number of carbonyl (C=O) groups is 1. The van der Waals surface area contributed by atoms with Gasteiger partial charge in [-0.15, -0.1) is 13.2 Å². The van der Waals surface area contributed by atoms with Crippen molar-refractivity contribution < 1.29 is 45.8 Å². The van der Waals surface area contributed by atoms with Crippen molar-refractivity contribution in [1.29, 1.82) is 0 Å². The number of nitrogens with one attached hydrogen (secondary N) is 1. The highest BCUT2D eigenvalue weighted by Crippen LogP contribution is 2.29. The lowest BCUT2D eigenvalue weighted by Gasteiger charge is -2.10. The molecule has 0 unspecified atom stereocenters. The fraction of sp³-hybridized carbons (Fsp3) is 0.222. The van der Waals surface area contributed by atoms with Gasteiger partial charge in [0, 0.05) is 11.3 Å². The van der Waals surface area contributed by atoms with E-state index in [9.17, 15) is 26.7 Å². The summed E-state index contributed by atoms with van der Waals surface area (Å²) in [5.74, 6) is -1.15. The van der Waals surface area contributed by atoms with Crippen LogP contribution >= 0.6 is 0 Å². The van der Waals surface area contributed by atoms with Gasteiger partial charge in [-0.3, -0.25) is 4.79 Å². The molecule has 0 saturated heterocycles. The number of rotatable bonds is 9. The van der Waals surface area contributed by atoms with E-state index in [1.165, 1.54) is 43.7 Å². The fourth-order valence-electron chi connectivity index (χ4n) is 2.09. The normalized spacial score (nSPS) is 11.4. The lowest BCUT2D eigenvalue weighted by Crippen LogP contribution is -2.18. The minimum absolute atomic E-state index is 0.0509. The van der Waals surface area contributed by atoms with Crippen LogP contribution in [0.1, 0.15) is 5.56 Å². The van der Waals surface area contributed by atoms with Gasteiger partial charge >= 0.3 is 13.0 Å². The lowest BCUT2D eigenvalue weighted by molar-refractivity contribution is -0.274. The molecule has 0 radical (unpaired) electrons. The Kier molecular flexibility index (Phi) is 7.78. The Labute approximate surface area is 167 Å². The number of oxime groups is 1. The summed E-state index contributed by atoms with van der Waals surface area (Å²) in [6, 6.07) is 8.56. The van der Waals surface area contributed by atoms with Crippen molar-refractivity contribution in [3.63, 3.8) is 0 Å². The summed E-state index contributed by atoms with van der Waals surface area (Å²) in [4.78, 5) is 16.6. The molecule has 30 heavy (non-hydrogen) atoms. The number of hydrogen-bond donors (Lipinski definition) is 1. The minimum atomic E-state index is -4.81. The molecule has 0 heterocycles. The number of hydrogen-bond acceptors (Lipinski definition) is 6. The third-order valence-corrected chi connectivity index (χ3v) is 3.25. The summed E-state index contributed by atoms with van der Waals surface area (Å²) in [7, 11) is 1.28. The zero-order valence-electron chi connectivity index (χ0n) is 15.3. The summed E-state index contributed by atoms with van der Waals surface area (Å²) in [6.45, 7) is -3.49. The van der Waals surface area contributed by atoms with Crippen molar-refractivity contribution in [3.8, 4) is 17.2 Å². The van der Waals surface area contributed by atoms with E-state index < -0.39 is 31.2 Å². The van der Waals surface area contributed by atoms with E-state index in [-0.39, 0.29) is 17.2 Å². The molecule has 0 bridgehead atoms. The van der Waals surface area contributed by atoms with Crippen LogP contribution in [-0.4, -0.2) is 38.8 Å². The van der Waals surface area contributed by atoms with Gasteiger partial charge in [-0.2, -0.15) is 8.78 Å². The van der Waals surface area contributed by atoms with E-state index in [0.29, 0.717) is 5.56 Å². The van der Waals surface area contributed by atoms with Crippen LogP contribution in [0.2, 0.25) is 0 Å². The fourth-order valence-corrected chi connectivity index (χ4v) is 2.09. The number of carbonyl (C=O) groups excluding carboxylic acids is 1. The molecule has 2 aromatic rings. The van der Waals surface area contributed by atoms with Gasteiger partial charge in [-0.05, 0) is 42.5 Å². The zero-order chi connectivity index (χ0) is 22.1. The number of ether oxygens (including phenoxy) is 3. The van der Waals surface area contributed by atoms with Crippen molar-refractivity contribution in [2.24, 2.45) is 5.16 Å². The molecule has 0 aromatic heterocycles. The Morgan fingerprint density at radius 2 is 1.83 bits per heavy atom. The highest BCUT2D eigenvalue weighted by molar-refractivity contribution is 5.91. The second kappa shape index (κ2) is 10.3. The highest BCUT2D eigenvalue weighted by Gasteiger charge is 2.30. The van der Waals surface area contributed by atoms with Gasteiger partial charge < -0.3 is 24.4 Å². The molecule has 12 heteroatoms. The van der Waals surface area contributed by atoms with E-state index >= 15 is 0 Å². The van der Waals surface area contributed by atoms with Gasteiger partial charge in [-0.25, -0.2) is 0 Å². The van der Waals surface area contributed by atoms with Crippen molar-refractivity contribution >= 4 is 17.8 Å². The van der Waals surface area contributed by atoms with Crippen molar-refractivity contribution in [2.45, 2.75) is 13.0 Å². The van der Waals surface area contributed by atoms with Gasteiger partial charge in [0.1, 0.15) is 5.75 Å². The predicted octanol–water partition coefficient (Wildman–Crippen LogP) is 4.18. The van der Waals surface area contributed by atoms with E-state index in [4.69, 9.17) is 9.57 Å². The number of methoxy groups -OCH3 is 1. The van der Waals surface area contributed by atoms with E-state index in [2.05, 4.69) is 19.9 Å². The van der Waals surface area contributed by atoms with Crippen LogP contribution in [0.3, 0.4) is 0 Å². The third-order valence-electron chi connectivity index (χ3n) is 3.25. The molecular formula is C18H15F5N2O5. The third kappa shape index (κ3) is 7.81. The first-order valence-electron chi connectivity index (χ1n) is 8.10. The minimum Gasteiger partial charge on any atom is -0.493 e. The van der Waals surface area contributed by atoms with Crippen LogP contribution in [-0.2, 0) is 9.63 Å². The van der Waals surface area contributed by atoms with Crippen LogP contribution in [0.4, 0.5) is 27.6 Å². The van der Waals surface area contributed by atoms with Crippen LogP contribution < -0.4 is 19.5 Å². The molecule has 0 aliphatic rings. The smallest absolute Gasteiger partial charge is 0.493 e. The van der Waals surface area contributed by atoms with Gasteiger partial charge in [0.2, 0.25) is 0 Å². The Hall–Kier alpha value is -3.57. The Morgan fingerprint density at radius 1 is 1.13 bits per heavy atom. The molecule has 7 nitrogen and oxygen atoms in total. The first-order valence-corrected chi connectivity index (χ1v) is 8.10. The van der Waals surface area contributed by atoms with Gasteiger partial charge in [0.15, 0.2) is 18.1 Å². The number of anilines is 1. The van der Waals surface area contributed by atoms with Crippen LogP contribution in [0, 0.1) is 0 Å². The summed E-state index contributed by atoms with van der Waals surface area (Å²) in [5.41, 5.74) is 0.649. The van der Waals surface area contributed by atoms with Gasteiger partial charge in [0.25, 0.3) is 5.91 Å². The molecule has 162 valence electrons. The number of halogens is 5. The maximum Gasteiger partial charge on any atom is 0.573 e. The molecule has 0 aliphatic heterocycles. The van der Waals surface area contributed by atoms with Crippen molar-refractivity contribution in [1.82, 2.24) is 0 Å². The molecule has 0 saturated carbocycles. The molecule has 0 atom stereocenters. The van der Waals surface area contributed by atoms with E-state index in [0.717, 1.165) is 12.1 Å². The van der Waals surface area contributed by atoms with E-state index in [1.54, 1.807) is 0 Å². The first-order chi connectivity index (χ1) is 14.2. The second-order valence-corrected chi connectivity index (χ2v) is 5.42. The van der Waals surface area contributed by atoms with Gasteiger partial charge in [-0.1, -0.05) is 5.16 Å². The highest BCUT2D eigenvalue weighted by atomic mass is 19.4. The molecule has 0 fully saturated rings. The summed E-state index contributed by atoms with van der Waals surface area (Å²) in [5, 5.41) is 5.96. The second-order valence-electron chi connectivity index (χ2n) is 5.42. The molecule has 1 amide bonds. The molecule has 0 aliphatic carbocycles. The molecule has 0 spiro atoms. The number of nitrogens with zero attached hydrogens (tertiary/aromatic N) is 1. The molecular weight excluding hydrogens is 419 g/mol. The Balaban J connectivity index is 1.83. The van der Waals surface area contributed by atoms with E-state index in [1.807, 2.05) is 0 Å². The number of benzene rings is 2. The zero-order valence-corrected chi connectivity index (χ0v) is 15.3. The maximum atomic E-state index is 12.3. The standard InChI is InChI=1S/C18H15F5N2O5/c1-27-15-8-11(2-7-14(15)29-17(19)20)9-24-28-10-16(26)25-12-3-5-13(6-4-12)30-18(21,22)23/h2-9,17H,10H2,1H3,(H,25,26)/b24-9+. The van der Waals surface area contributed by atoms with Crippen LogP contribution in [0.5, 0.6) is 17.2 Å². The van der Waals surface area contributed by atoms with Crippen LogP contribution in [0.15, 0.2) is 47.6 Å².